The summed E-state index contributed by atoms with van der Waals surface area (Å²) >= 11 is 16.2. The zero-order chi connectivity index (χ0) is 70.1. The standard InChI is InChI=1S/C66H73BrCl2N12O16/c1-33-25-53(86)80(65(33)94)57-58(81-54(87)26-44(67)66(81)95)64(93)71-20-24-97-22-18-50(83)73-35(3)60(89)75-37(5)62(91)77-46-28-48-56(43-14-9-7-12-41(43)46)39(30-69)32-79(48)52(85)16-10-15-51(84)78-31-38(29-68)55-42-13-8-6-11-40(42)45(27-47(55)78)76-61(90)36(4)74-59(88)34(2)72-49(82)17-21-96-23-19-70-63(57)92/h6-9,11-14,25-28,34-39,57-58H,10,15-24,29-32H2,1-5H3,(H,70,92)(H,71,93)(H,72,82)(H,73,83)(H,74,88)(H,75,89)(H,76,90)(H,77,91)/t34?,35?,36?,37?,38-,39-,57?,58?/m1/s1. The molecule has 5 aliphatic rings. The lowest BCUT2D eigenvalue weighted by Crippen LogP contribution is -2.66. The highest BCUT2D eigenvalue weighted by molar-refractivity contribution is 9.12. The van der Waals surface area contributed by atoms with Crippen LogP contribution in [0.5, 0.6) is 0 Å². The Morgan fingerprint density at radius 3 is 1.26 bits per heavy atom. The minimum atomic E-state index is -2.16. The molecule has 4 bridgehead atoms. The summed E-state index contributed by atoms with van der Waals surface area (Å²) in [5.41, 5.74) is 3.16. The predicted octanol–water partition coefficient (Wildman–Crippen LogP) is 2.86. The van der Waals surface area contributed by atoms with Gasteiger partial charge in [-0.3, -0.25) is 76.9 Å². The molecule has 28 nitrogen and oxygen atoms in total. The third-order valence-corrected chi connectivity index (χ3v) is 18.4. The molecule has 9 rings (SSSR count). The number of hydrogen-bond donors (Lipinski definition) is 8. The van der Waals surface area contributed by atoms with Crippen LogP contribution in [0.15, 0.2) is 82.9 Å². The summed E-state index contributed by atoms with van der Waals surface area (Å²) in [5, 5.41) is 23.8. The summed E-state index contributed by atoms with van der Waals surface area (Å²) in [6.07, 6.45) is 1.24. The second-order valence-electron chi connectivity index (χ2n) is 23.9. The molecule has 0 saturated carbocycles. The van der Waals surface area contributed by atoms with Gasteiger partial charge in [-0.2, -0.15) is 0 Å². The summed E-state index contributed by atoms with van der Waals surface area (Å²) in [4.78, 5) is 196. The Morgan fingerprint density at radius 1 is 0.485 bits per heavy atom. The fourth-order valence-corrected chi connectivity index (χ4v) is 13.0. The molecule has 4 aromatic rings. The van der Waals surface area contributed by atoms with Gasteiger partial charge in [0.15, 0.2) is 0 Å². The van der Waals surface area contributed by atoms with Crippen molar-refractivity contribution >= 4 is 166 Å². The molecule has 0 radical (unpaired) electrons. The molecule has 5 aliphatic heterocycles. The summed E-state index contributed by atoms with van der Waals surface area (Å²) in [5.74, 6) is -11.3. The van der Waals surface area contributed by atoms with E-state index in [2.05, 4.69) is 58.5 Å². The summed E-state index contributed by atoms with van der Waals surface area (Å²) in [6, 6.07) is 9.01. The van der Waals surface area contributed by atoms with Gasteiger partial charge < -0.3 is 61.8 Å². The third kappa shape index (κ3) is 16.1. The maximum absolute atomic E-state index is 14.4. The number of carbonyl (C=O) groups is 14. The summed E-state index contributed by atoms with van der Waals surface area (Å²) in [7, 11) is 0. The Bertz CT molecular complexity index is 3730. The number of nitrogens with one attached hydrogen (secondary N) is 8. The monoisotopic (exact) mass is 1440 g/mol. The van der Waals surface area contributed by atoms with Crippen LogP contribution in [-0.4, -0.2) is 193 Å². The van der Waals surface area contributed by atoms with Gasteiger partial charge in [-0.15, -0.1) is 23.2 Å². The largest absolute Gasteiger partial charge is 0.379 e. The number of hydrogen-bond acceptors (Lipinski definition) is 16. The number of anilines is 4. The third-order valence-electron chi connectivity index (χ3n) is 17.1. The Hall–Kier alpha value is -9.16. The fraction of sp³-hybridized carbons (Fsp3) is 0.424. The predicted molar refractivity (Wildman–Crippen MR) is 360 cm³/mol. The molecule has 0 fully saturated rings. The number of nitrogens with zero attached hydrogens (tertiary/aromatic N) is 4. The van der Waals surface area contributed by atoms with Crippen molar-refractivity contribution in [2.24, 2.45) is 0 Å². The number of fused-ring (bicyclic) bond motifs is 8. The molecule has 0 saturated heterocycles. The summed E-state index contributed by atoms with van der Waals surface area (Å²) in [6.45, 7) is 5.65. The number of alkyl halides is 2. The molecule has 0 spiro atoms. The molecule has 5 heterocycles. The molecule has 0 aliphatic carbocycles. The first-order chi connectivity index (χ1) is 46.3. The number of benzene rings is 4. The molecular formula is C66H73BrCl2N12O16. The lowest BCUT2D eigenvalue weighted by molar-refractivity contribution is -0.157. The average molecular weight is 1440 g/mol. The minimum Gasteiger partial charge on any atom is -0.379 e. The fourth-order valence-electron chi connectivity index (χ4n) is 12.2. The number of carbonyl (C=O) groups excluding carboxylic acids is 14. The quantitative estimate of drug-likeness (QED) is 0.108. The molecule has 0 aromatic heterocycles. The normalized spacial score (nSPS) is 25.2. The highest BCUT2D eigenvalue weighted by atomic mass is 79.9. The van der Waals surface area contributed by atoms with Gasteiger partial charge in [0.25, 0.3) is 23.6 Å². The zero-order valence-electron chi connectivity index (χ0n) is 53.6. The van der Waals surface area contributed by atoms with Crippen LogP contribution in [0.2, 0.25) is 0 Å². The molecule has 14 amide bonds. The number of ether oxygens (including phenoxy) is 2. The maximum atomic E-state index is 14.4. The second kappa shape index (κ2) is 31.8. The first kappa shape index (κ1) is 72.1. The Kier molecular flexibility index (Phi) is 23.6. The SMILES string of the molecule is CC1=CC(=O)N(C2C(=O)NCCOCCC(=O)NC(C)C(=O)NC(C)C(=O)Nc3cc4c(c5ccccc35)[C@H](CCl)CN4C(=O)CCCC(=O)N3C[C@@H](CCl)c4c3cc(c3ccccc43)NC(=O)C(C)NC(=O)C(C)NC(=O)CCOCCNC(=O)C2N2C(=O)C=C(Br)C2=O)C1=O. The van der Waals surface area contributed by atoms with Crippen LogP contribution in [0, 0.1) is 0 Å². The molecule has 97 heavy (non-hydrogen) atoms. The molecule has 4 aromatic carbocycles. The van der Waals surface area contributed by atoms with Crippen LogP contribution >= 0.6 is 39.1 Å². The van der Waals surface area contributed by atoms with E-state index in [4.69, 9.17) is 32.7 Å². The smallest absolute Gasteiger partial charge is 0.268 e. The number of imide groups is 2. The van der Waals surface area contributed by atoms with Gasteiger partial charge in [0, 0.05) is 115 Å². The Morgan fingerprint density at radius 2 is 0.876 bits per heavy atom. The van der Waals surface area contributed by atoms with E-state index in [1.807, 2.05) is 24.3 Å². The average Bonchev–Trinajstić information content (AvgIpc) is 1.63. The van der Waals surface area contributed by atoms with Crippen molar-refractivity contribution < 1.29 is 76.6 Å². The minimum absolute atomic E-state index is 0.0405. The number of amides is 14. The van der Waals surface area contributed by atoms with E-state index in [9.17, 15) is 67.1 Å². The molecule has 31 heteroatoms. The molecule has 8 N–H and O–H groups in total. The van der Waals surface area contributed by atoms with Gasteiger partial charge in [-0.25, -0.2) is 0 Å². The van der Waals surface area contributed by atoms with Crippen molar-refractivity contribution in [2.45, 2.75) is 115 Å². The van der Waals surface area contributed by atoms with E-state index in [1.165, 1.54) is 34.6 Å². The van der Waals surface area contributed by atoms with Crippen molar-refractivity contribution in [1.29, 1.82) is 0 Å². The van der Waals surface area contributed by atoms with Gasteiger partial charge in [0.1, 0.15) is 36.3 Å². The lowest BCUT2D eigenvalue weighted by atomic mass is 9.95. The van der Waals surface area contributed by atoms with Crippen molar-refractivity contribution in [3.63, 3.8) is 0 Å². The van der Waals surface area contributed by atoms with E-state index >= 15 is 0 Å². The first-order valence-corrected chi connectivity index (χ1v) is 33.4. The van der Waals surface area contributed by atoms with Crippen LogP contribution in [0.3, 0.4) is 0 Å². The van der Waals surface area contributed by atoms with Crippen LogP contribution in [-0.2, 0) is 76.6 Å². The van der Waals surface area contributed by atoms with Crippen LogP contribution in [0.25, 0.3) is 21.5 Å². The Labute approximate surface area is 575 Å². The van der Waals surface area contributed by atoms with Gasteiger partial charge in [-0.05, 0) is 91.0 Å². The molecule has 8 atom stereocenters. The first-order valence-electron chi connectivity index (χ1n) is 31.5. The van der Waals surface area contributed by atoms with Gasteiger partial charge in [0.05, 0.1) is 42.3 Å². The molecule has 514 valence electrons. The van der Waals surface area contributed by atoms with Crippen molar-refractivity contribution in [3.05, 3.63) is 94.0 Å². The van der Waals surface area contributed by atoms with E-state index in [0.29, 0.717) is 43.3 Å². The van der Waals surface area contributed by atoms with Gasteiger partial charge in [0.2, 0.25) is 59.1 Å². The summed E-state index contributed by atoms with van der Waals surface area (Å²) < 4.78 is 10.8. The van der Waals surface area contributed by atoms with E-state index in [0.717, 1.165) is 34.1 Å². The number of rotatable bonds is 4. The van der Waals surface area contributed by atoms with E-state index in [1.54, 1.807) is 46.2 Å². The Balaban J connectivity index is 0.932. The zero-order valence-corrected chi connectivity index (χ0v) is 56.7. The lowest BCUT2D eigenvalue weighted by Gasteiger charge is -2.35. The highest BCUT2D eigenvalue weighted by Crippen LogP contribution is 2.47. The van der Waals surface area contributed by atoms with Crippen molar-refractivity contribution in [3.8, 4) is 0 Å². The van der Waals surface area contributed by atoms with Crippen molar-refractivity contribution in [1.82, 2.24) is 41.7 Å². The topological polar surface area (TPSA) is 367 Å². The molecular weight excluding hydrogens is 1370 g/mol. The second-order valence-corrected chi connectivity index (χ2v) is 25.4. The van der Waals surface area contributed by atoms with Gasteiger partial charge >= 0.3 is 0 Å². The van der Waals surface area contributed by atoms with Crippen LogP contribution < -0.4 is 52.3 Å². The highest BCUT2D eigenvalue weighted by Gasteiger charge is 2.52. The van der Waals surface area contributed by atoms with Crippen molar-refractivity contribution in [2.75, 3.05) is 84.8 Å². The maximum Gasteiger partial charge on any atom is 0.268 e. The van der Waals surface area contributed by atoms with Crippen LogP contribution in [0.1, 0.15) is 89.7 Å². The van der Waals surface area contributed by atoms with E-state index < -0.39 is 107 Å². The molecule has 6 unspecified atom stereocenters. The van der Waals surface area contributed by atoms with Crippen LogP contribution in [0.4, 0.5) is 22.7 Å². The van der Waals surface area contributed by atoms with Gasteiger partial charge in [-0.1, -0.05) is 48.5 Å². The van der Waals surface area contributed by atoms with E-state index in [-0.39, 0.29) is 130 Å². The number of halogens is 3.